The minimum absolute atomic E-state index is 0.109. The number of carbonyl (C=O) groups excluding carboxylic acids is 4. The maximum absolute atomic E-state index is 12.0. The molecule has 0 fully saturated rings. The van der Waals surface area contributed by atoms with Gasteiger partial charge in [-0.2, -0.15) is 0 Å². The van der Waals surface area contributed by atoms with E-state index in [1.54, 1.807) is 0 Å². The summed E-state index contributed by atoms with van der Waals surface area (Å²) in [6.07, 6.45) is 0. The number of carbonyl (C=O) groups is 4. The SMILES string of the molecule is O=C1OCCOC(=O)c2cccc(n2)C(=O)OCCOC(=O)c2cccc1n2. The highest BCUT2D eigenvalue weighted by Crippen LogP contribution is 2.06. The zero-order valence-corrected chi connectivity index (χ0v) is 14.5. The van der Waals surface area contributed by atoms with E-state index in [2.05, 4.69) is 9.97 Å². The van der Waals surface area contributed by atoms with Crippen molar-refractivity contribution in [2.24, 2.45) is 0 Å². The van der Waals surface area contributed by atoms with Crippen LogP contribution >= 0.6 is 0 Å². The topological polar surface area (TPSA) is 131 Å². The molecule has 0 atom stereocenters. The van der Waals surface area contributed by atoms with E-state index in [4.69, 9.17) is 18.9 Å². The predicted molar refractivity (Wildman–Crippen MR) is 89.6 cm³/mol. The minimum Gasteiger partial charge on any atom is -0.457 e. The Morgan fingerprint density at radius 3 is 1.00 bits per heavy atom. The fourth-order valence-electron chi connectivity index (χ4n) is 2.16. The summed E-state index contributed by atoms with van der Waals surface area (Å²) in [5.41, 5.74) is -0.434. The third kappa shape index (κ3) is 4.67. The van der Waals surface area contributed by atoms with Gasteiger partial charge >= 0.3 is 23.9 Å². The number of hydrogen-bond donors (Lipinski definition) is 0. The fraction of sp³-hybridized carbons (Fsp3) is 0.222. The third-order valence-corrected chi connectivity index (χ3v) is 3.43. The Hall–Kier alpha value is -3.82. The van der Waals surface area contributed by atoms with Gasteiger partial charge in [-0.05, 0) is 24.3 Å². The third-order valence-electron chi connectivity index (χ3n) is 3.43. The summed E-state index contributed by atoms with van der Waals surface area (Å²) in [4.78, 5) is 55.7. The Morgan fingerprint density at radius 1 is 0.500 bits per heavy atom. The maximum atomic E-state index is 12.0. The van der Waals surface area contributed by atoms with Crippen LogP contribution in [0, 0.1) is 0 Å². The highest BCUT2D eigenvalue weighted by Gasteiger charge is 2.17. The first-order chi connectivity index (χ1) is 13.5. The number of cyclic esters (lactones) is 4. The van der Waals surface area contributed by atoms with E-state index in [0.29, 0.717) is 0 Å². The predicted octanol–water partition coefficient (Wildman–Crippen LogP) is 0.818. The van der Waals surface area contributed by atoms with Gasteiger partial charge < -0.3 is 18.9 Å². The molecule has 4 bridgehead atoms. The Kier molecular flexibility index (Phi) is 5.90. The lowest BCUT2D eigenvalue weighted by atomic mass is 10.3. The molecule has 0 aliphatic carbocycles. The van der Waals surface area contributed by atoms with Crippen molar-refractivity contribution in [3.8, 4) is 0 Å². The van der Waals surface area contributed by atoms with Crippen molar-refractivity contribution < 1.29 is 38.1 Å². The highest BCUT2D eigenvalue weighted by atomic mass is 16.6. The number of esters is 4. The molecule has 0 radical (unpaired) electrons. The van der Waals surface area contributed by atoms with E-state index >= 15 is 0 Å². The molecule has 2 aromatic heterocycles. The zero-order chi connectivity index (χ0) is 19.9. The van der Waals surface area contributed by atoms with Crippen LogP contribution in [-0.2, 0) is 18.9 Å². The molecule has 1 aliphatic rings. The normalized spacial score (nSPS) is 16.0. The van der Waals surface area contributed by atoms with Crippen LogP contribution in [0.1, 0.15) is 42.0 Å². The van der Waals surface area contributed by atoms with E-state index in [1.807, 2.05) is 0 Å². The highest BCUT2D eigenvalue weighted by molar-refractivity contribution is 5.92. The summed E-state index contributed by atoms with van der Waals surface area (Å²) in [7, 11) is 0. The molecule has 2 aromatic rings. The molecule has 10 heteroatoms. The quantitative estimate of drug-likeness (QED) is 0.473. The van der Waals surface area contributed by atoms with Crippen molar-refractivity contribution >= 4 is 23.9 Å². The van der Waals surface area contributed by atoms with E-state index in [-0.39, 0.29) is 49.2 Å². The van der Waals surface area contributed by atoms with Gasteiger partial charge in [0, 0.05) is 0 Å². The number of pyridine rings is 2. The van der Waals surface area contributed by atoms with Crippen LogP contribution in [0.4, 0.5) is 0 Å². The first kappa shape index (κ1) is 19.0. The van der Waals surface area contributed by atoms with Gasteiger partial charge in [0.15, 0.2) is 0 Å². The number of aromatic nitrogens is 2. The lowest BCUT2D eigenvalue weighted by molar-refractivity contribution is 0.0240. The molecule has 0 spiro atoms. The minimum atomic E-state index is -0.791. The van der Waals surface area contributed by atoms with Gasteiger partial charge in [-0.1, -0.05) is 12.1 Å². The zero-order valence-electron chi connectivity index (χ0n) is 14.5. The van der Waals surface area contributed by atoms with Crippen LogP contribution in [0.15, 0.2) is 36.4 Å². The van der Waals surface area contributed by atoms with Crippen molar-refractivity contribution in [3.05, 3.63) is 59.2 Å². The first-order valence-corrected chi connectivity index (χ1v) is 8.17. The summed E-state index contributed by atoms with van der Waals surface area (Å²) in [6, 6.07) is 8.33. The molecule has 0 aromatic carbocycles. The average molecular weight is 386 g/mol. The smallest absolute Gasteiger partial charge is 0.357 e. The molecule has 3 rings (SSSR count). The number of rotatable bonds is 0. The lowest BCUT2D eigenvalue weighted by Crippen LogP contribution is -2.19. The van der Waals surface area contributed by atoms with Crippen molar-refractivity contribution in [1.82, 2.24) is 9.97 Å². The van der Waals surface area contributed by atoms with Crippen molar-refractivity contribution in [3.63, 3.8) is 0 Å². The van der Waals surface area contributed by atoms with Crippen molar-refractivity contribution in [2.45, 2.75) is 0 Å². The van der Waals surface area contributed by atoms with Gasteiger partial charge in [0.2, 0.25) is 0 Å². The molecule has 3 heterocycles. The Labute approximate surface area is 158 Å². The Morgan fingerprint density at radius 2 is 0.750 bits per heavy atom. The van der Waals surface area contributed by atoms with Crippen molar-refractivity contribution in [1.29, 1.82) is 0 Å². The molecule has 0 saturated heterocycles. The molecule has 10 nitrogen and oxygen atoms in total. The van der Waals surface area contributed by atoms with Crippen LogP contribution in [0.3, 0.4) is 0 Å². The van der Waals surface area contributed by atoms with Gasteiger partial charge in [-0.25, -0.2) is 29.1 Å². The maximum Gasteiger partial charge on any atom is 0.357 e. The molecule has 144 valence electrons. The standard InChI is InChI=1S/C18H14N2O8/c21-15-11-3-1-4-12(19-11)16(22)26-8-10-28-18(24)14-6-2-5-13(20-14)17(23)27-9-7-25-15/h1-6H,7-10H2. The Balaban J connectivity index is 1.78. The van der Waals surface area contributed by atoms with Crippen molar-refractivity contribution in [2.75, 3.05) is 26.4 Å². The van der Waals surface area contributed by atoms with E-state index in [0.717, 1.165) is 0 Å². The van der Waals surface area contributed by atoms with Crippen LogP contribution in [-0.4, -0.2) is 60.3 Å². The molecule has 0 N–H and O–H groups in total. The first-order valence-electron chi connectivity index (χ1n) is 8.17. The summed E-state index contributed by atoms with van der Waals surface area (Å²) >= 11 is 0. The number of nitrogens with zero attached hydrogens (tertiary/aromatic N) is 2. The van der Waals surface area contributed by atoms with Crippen LogP contribution in [0.2, 0.25) is 0 Å². The second-order valence-corrected chi connectivity index (χ2v) is 5.36. The summed E-state index contributed by atoms with van der Waals surface area (Å²) in [6.45, 7) is -0.934. The molecule has 0 saturated carbocycles. The molecular weight excluding hydrogens is 372 g/mol. The fourth-order valence-corrected chi connectivity index (χ4v) is 2.16. The number of hydrogen-bond acceptors (Lipinski definition) is 10. The van der Waals surface area contributed by atoms with Gasteiger partial charge in [-0.3, -0.25) is 0 Å². The van der Waals surface area contributed by atoms with Crippen LogP contribution in [0.5, 0.6) is 0 Å². The van der Waals surface area contributed by atoms with E-state index < -0.39 is 23.9 Å². The Bertz CT molecular complexity index is 785. The summed E-state index contributed by atoms with van der Waals surface area (Å²) in [5.74, 6) is -3.16. The lowest BCUT2D eigenvalue weighted by Gasteiger charge is -2.09. The monoisotopic (exact) mass is 386 g/mol. The molecule has 0 amide bonds. The van der Waals surface area contributed by atoms with Crippen LogP contribution < -0.4 is 0 Å². The molecule has 1 aliphatic heterocycles. The number of ether oxygens (including phenoxy) is 4. The van der Waals surface area contributed by atoms with E-state index in [1.165, 1.54) is 36.4 Å². The van der Waals surface area contributed by atoms with E-state index in [9.17, 15) is 19.2 Å². The summed E-state index contributed by atoms with van der Waals surface area (Å²) in [5, 5.41) is 0. The second-order valence-electron chi connectivity index (χ2n) is 5.36. The largest absolute Gasteiger partial charge is 0.457 e. The summed E-state index contributed by atoms with van der Waals surface area (Å²) < 4.78 is 19.8. The molecule has 0 unspecified atom stereocenters. The van der Waals surface area contributed by atoms with Crippen LogP contribution in [0.25, 0.3) is 0 Å². The second kappa shape index (κ2) is 8.71. The molecular formula is C18H14N2O8. The average Bonchev–Trinajstić information content (AvgIpc) is 2.73. The van der Waals surface area contributed by atoms with Gasteiger partial charge in [0.05, 0.1) is 0 Å². The number of fused-ring (bicyclic) bond motifs is 4. The van der Waals surface area contributed by atoms with Gasteiger partial charge in [0.25, 0.3) is 0 Å². The molecule has 28 heavy (non-hydrogen) atoms. The van der Waals surface area contributed by atoms with Gasteiger partial charge in [-0.15, -0.1) is 0 Å². The van der Waals surface area contributed by atoms with Gasteiger partial charge in [0.1, 0.15) is 49.2 Å².